The highest BCUT2D eigenvalue weighted by atomic mass is 19.1. The predicted octanol–water partition coefficient (Wildman–Crippen LogP) is 1.95. The average Bonchev–Trinajstić information content (AvgIpc) is 2.12. The van der Waals surface area contributed by atoms with Gasteiger partial charge in [-0.15, -0.1) is 0 Å². The minimum Gasteiger partial charge on any atom is -0.492 e. The van der Waals surface area contributed by atoms with Gasteiger partial charge in [-0.3, -0.25) is 0 Å². The van der Waals surface area contributed by atoms with Crippen LogP contribution in [-0.2, 0) is 0 Å². The van der Waals surface area contributed by atoms with Crippen LogP contribution in [-0.4, -0.2) is 19.7 Å². The van der Waals surface area contributed by atoms with Gasteiger partial charge in [0.25, 0.3) is 0 Å². The van der Waals surface area contributed by atoms with Crippen molar-refractivity contribution >= 4 is 0 Å². The molecule has 0 bridgehead atoms. The van der Waals surface area contributed by atoms with E-state index in [-0.39, 0.29) is 11.8 Å². The van der Waals surface area contributed by atoms with Gasteiger partial charge in [-0.25, -0.2) is 8.78 Å². The van der Waals surface area contributed by atoms with Crippen LogP contribution < -0.4 is 10.1 Å². The fourth-order valence-electron chi connectivity index (χ4n) is 0.916. The summed E-state index contributed by atoms with van der Waals surface area (Å²) in [6, 6.07) is 3.27. The topological polar surface area (TPSA) is 21.3 Å². The van der Waals surface area contributed by atoms with Crippen molar-refractivity contribution < 1.29 is 13.5 Å². The summed E-state index contributed by atoms with van der Waals surface area (Å²) in [6.07, 6.45) is 0. The Hall–Kier alpha value is -1.16. The molecule has 0 fully saturated rings. The first-order valence-electron chi connectivity index (χ1n) is 4.38. The second-order valence-corrected chi connectivity index (χ2v) is 3.11. The van der Waals surface area contributed by atoms with E-state index in [0.29, 0.717) is 6.61 Å². The third-order valence-corrected chi connectivity index (χ3v) is 1.83. The quantitative estimate of drug-likeness (QED) is 0.804. The van der Waals surface area contributed by atoms with Gasteiger partial charge in [-0.05, 0) is 14.0 Å². The molecule has 0 amide bonds. The zero-order chi connectivity index (χ0) is 10.6. The van der Waals surface area contributed by atoms with Gasteiger partial charge in [0.15, 0.2) is 0 Å². The number of rotatable bonds is 4. The minimum absolute atomic E-state index is 0.140. The van der Waals surface area contributed by atoms with E-state index in [1.165, 1.54) is 0 Å². The predicted molar refractivity (Wildman–Crippen MR) is 50.4 cm³/mol. The van der Waals surface area contributed by atoms with Gasteiger partial charge in [-0.2, -0.15) is 0 Å². The molecule has 0 heterocycles. The Morgan fingerprint density at radius 3 is 2.36 bits per heavy atom. The molecule has 4 heteroatoms. The van der Waals surface area contributed by atoms with Gasteiger partial charge < -0.3 is 10.1 Å². The summed E-state index contributed by atoms with van der Waals surface area (Å²) in [5, 5.41) is 2.95. The molecule has 1 unspecified atom stereocenters. The van der Waals surface area contributed by atoms with Gasteiger partial charge in [0, 0.05) is 24.2 Å². The molecule has 0 radical (unpaired) electrons. The Labute approximate surface area is 81.9 Å². The molecule has 0 aliphatic rings. The fraction of sp³-hybridized carbons (Fsp3) is 0.400. The van der Waals surface area contributed by atoms with Crippen molar-refractivity contribution in [1.82, 2.24) is 5.32 Å². The van der Waals surface area contributed by atoms with E-state index < -0.39 is 11.6 Å². The average molecular weight is 201 g/mol. The van der Waals surface area contributed by atoms with Crippen molar-refractivity contribution in [3.8, 4) is 5.75 Å². The van der Waals surface area contributed by atoms with Crippen LogP contribution in [0.3, 0.4) is 0 Å². The molecule has 0 aromatic heterocycles. The Balaban J connectivity index is 2.58. The van der Waals surface area contributed by atoms with Gasteiger partial charge in [0.2, 0.25) is 0 Å². The van der Waals surface area contributed by atoms with E-state index in [0.717, 1.165) is 18.2 Å². The Kier molecular flexibility index (Phi) is 3.83. The summed E-state index contributed by atoms with van der Waals surface area (Å²) in [7, 11) is 1.79. The summed E-state index contributed by atoms with van der Waals surface area (Å²) < 4.78 is 30.6. The first-order valence-corrected chi connectivity index (χ1v) is 4.38. The highest BCUT2D eigenvalue weighted by Crippen LogP contribution is 2.15. The van der Waals surface area contributed by atoms with Gasteiger partial charge in [-0.1, -0.05) is 0 Å². The van der Waals surface area contributed by atoms with Crippen molar-refractivity contribution in [3.63, 3.8) is 0 Å². The number of likely N-dealkylation sites (N-methyl/N-ethyl adjacent to an activating group) is 1. The number of halogens is 2. The third-order valence-electron chi connectivity index (χ3n) is 1.83. The molecular weight excluding hydrogens is 188 g/mol. The molecule has 0 spiro atoms. The molecule has 1 N–H and O–H groups in total. The number of ether oxygens (including phenoxy) is 1. The maximum atomic E-state index is 12.7. The van der Waals surface area contributed by atoms with Gasteiger partial charge >= 0.3 is 0 Å². The lowest BCUT2D eigenvalue weighted by Gasteiger charge is -2.11. The van der Waals surface area contributed by atoms with E-state index in [1.54, 1.807) is 7.05 Å². The Morgan fingerprint density at radius 2 is 1.86 bits per heavy atom. The SMILES string of the molecule is CNC(C)COc1cc(F)cc(F)c1. The van der Waals surface area contributed by atoms with Gasteiger partial charge in [0.05, 0.1) is 0 Å². The van der Waals surface area contributed by atoms with Crippen LogP contribution in [0.2, 0.25) is 0 Å². The first-order chi connectivity index (χ1) is 6.61. The van der Waals surface area contributed by atoms with Crippen LogP contribution in [0.4, 0.5) is 8.78 Å². The van der Waals surface area contributed by atoms with E-state index in [9.17, 15) is 8.78 Å². The molecule has 14 heavy (non-hydrogen) atoms. The number of benzene rings is 1. The van der Waals surface area contributed by atoms with E-state index in [2.05, 4.69) is 5.32 Å². The molecule has 1 atom stereocenters. The maximum Gasteiger partial charge on any atom is 0.129 e. The molecular formula is C10H13F2NO. The number of hydrogen-bond donors (Lipinski definition) is 1. The number of hydrogen-bond acceptors (Lipinski definition) is 2. The van der Waals surface area contributed by atoms with Crippen molar-refractivity contribution in [3.05, 3.63) is 29.8 Å². The standard InChI is InChI=1S/C10H13F2NO/c1-7(13-2)6-14-10-4-8(11)3-9(12)5-10/h3-5,7,13H,6H2,1-2H3. The Morgan fingerprint density at radius 1 is 1.29 bits per heavy atom. The highest BCUT2D eigenvalue weighted by Gasteiger charge is 2.03. The fourth-order valence-corrected chi connectivity index (χ4v) is 0.916. The summed E-state index contributed by atoms with van der Waals surface area (Å²) in [6.45, 7) is 2.29. The molecule has 0 saturated carbocycles. The third kappa shape index (κ3) is 3.30. The molecule has 1 rings (SSSR count). The van der Waals surface area contributed by atoms with Crippen LogP contribution >= 0.6 is 0 Å². The number of nitrogens with one attached hydrogen (secondary N) is 1. The van der Waals surface area contributed by atoms with Crippen LogP contribution in [0, 0.1) is 11.6 Å². The monoisotopic (exact) mass is 201 g/mol. The smallest absolute Gasteiger partial charge is 0.129 e. The van der Waals surface area contributed by atoms with E-state index in [1.807, 2.05) is 6.92 Å². The highest BCUT2D eigenvalue weighted by molar-refractivity contribution is 5.23. The second-order valence-electron chi connectivity index (χ2n) is 3.11. The normalized spacial score (nSPS) is 12.6. The summed E-state index contributed by atoms with van der Waals surface area (Å²) in [5.74, 6) is -1.04. The lowest BCUT2D eigenvalue weighted by atomic mass is 10.3. The van der Waals surface area contributed by atoms with Crippen LogP contribution in [0.15, 0.2) is 18.2 Å². The molecule has 0 aliphatic carbocycles. The summed E-state index contributed by atoms with van der Waals surface area (Å²) >= 11 is 0. The lowest BCUT2D eigenvalue weighted by molar-refractivity contribution is 0.277. The van der Waals surface area contributed by atoms with Crippen molar-refractivity contribution in [2.45, 2.75) is 13.0 Å². The molecule has 0 aliphatic heterocycles. The van der Waals surface area contributed by atoms with Crippen molar-refractivity contribution in [2.75, 3.05) is 13.7 Å². The molecule has 78 valence electrons. The zero-order valence-electron chi connectivity index (χ0n) is 8.18. The summed E-state index contributed by atoms with van der Waals surface area (Å²) in [5.41, 5.74) is 0. The van der Waals surface area contributed by atoms with Crippen LogP contribution in [0.25, 0.3) is 0 Å². The molecule has 2 nitrogen and oxygen atoms in total. The zero-order valence-corrected chi connectivity index (χ0v) is 8.18. The van der Waals surface area contributed by atoms with E-state index in [4.69, 9.17) is 4.74 Å². The maximum absolute atomic E-state index is 12.7. The molecule has 1 aromatic carbocycles. The van der Waals surface area contributed by atoms with Crippen LogP contribution in [0.1, 0.15) is 6.92 Å². The second kappa shape index (κ2) is 4.91. The van der Waals surface area contributed by atoms with Crippen molar-refractivity contribution in [2.24, 2.45) is 0 Å². The lowest BCUT2D eigenvalue weighted by Crippen LogP contribution is -2.28. The van der Waals surface area contributed by atoms with Crippen LogP contribution in [0.5, 0.6) is 5.75 Å². The molecule has 0 saturated heterocycles. The van der Waals surface area contributed by atoms with E-state index >= 15 is 0 Å². The van der Waals surface area contributed by atoms with Gasteiger partial charge in [0.1, 0.15) is 24.0 Å². The minimum atomic E-state index is -0.628. The van der Waals surface area contributed by atoms with Crippen molar-refractivity contribution in [1.29, 1.82) is 0 Å². The first kappa shape index (κ1) is 10.9. The summed E-state index contributed by atoms with van der Waals surface area (Å²) in [4.78, 5) is 0. The Bertz CT molecular complexity index is 284. The largest absolute Gasteiger partial charge is 0.492 e. The molecule has 1 aromatic rings.